The summed E-state index contributed by atoms with van der Waals surface area (Å²) in [6.45, 7) is 4.23. The Balaban J connectivity index is 1.86. The van der Waals surface area contributed by atoms with Gasteiger partial charge < -0.3 is 24.4 Å². The van der Waals surface area contributed by atoms with E-state index >= 15 is 0 Å². The molecule has 1 aromatic rings. The predicted molar refractivity (Wildman–Crippen MR) is 75.5 cm³/mol. The van der Waals surface area contributed by atoms with Gasteiger partial charge in [-0.2, -0.15) is 0 Å². The zero-order valence-electron chi connectivity index (χ0n) is 11.8. The molecule has 0 aromatic heterocycles. The number of hydrogen-bond acceptors (Lipinski definition) is 5. The normalized spacial score (nSPS) is 14.4. The molecule has 0 bridgehead atoms. The van der Waals surface area contributed by atoms with Crippen molar-refractivity contribution in [2.75, 3.05) is 38.2 Å². The molecule has 1 aromatic carbocycles. The third-order valence-electron chi connectivity index (χ3n) is 2.87. The van der Waals surface area contributed by atoms with Gasteiger partial charge in [0.1, 0.15) is 5.75 Å². The van der Waals surface area contributed by atoms with Crippen LogP contribution in [-0.2, 0) is 9.47 Å². The first kappa shape index (κ1) is 15.1. The second-order valence-corrected chi connectivity index (χ2v) is 4.34. The van der Waals surface area contributed by atoms with Crippen LogP contribution >= 0.6 is 0 Å². The van der Waals surface area contributed by atoms with Gasteiger partial charge >= 0.3 is 12.2 Å². The summed E-state index contributed by atoms with van der Waals surface area (Å²) in [4.78, 5) is 24.8. The largest absolute Gasteiger partial charge is 0.513 e. The van der Waals surface area contributed by atoms with Crippen LogP contribution in [0.5, 0.6) is 5.75 Å². The molecule has 1 N–H and O–H groups in total. The highest BCUT2D eigenvalue weighted by Gasteiger charge is 2.16. The molecule has 114 valence electrons. The van der Waals surface area contributed by atoms with E-state index in [0.29, 0.717) is 37.7 Å². The van der Waals surface area contributed by atoms with E-state index in [1.807, 2.05) is 0 Å². The number of carbonyl (C=O) groups excluding carboxylic acids is 2. The number of benzene rings is 1. The van der Waals surface area contributed by atoms with Gasteiger partial charge in [0.25, 0.3) is 0 Å². The Labute approximate surface area is 122 Å². The van der Waals surface area contributed by atoms with Crippen LogP contribution < -0.4 is 10.1 Å². The van der Waals surface area contributed by atoms with E-state index in [0.717, 1.165) is 0 Å². The molecule has 1 aliphatic rings. The second-order valence-electron chi connectivity index (χ2n) is 4.34. The summed E-state index contributed by atoms with van der Waals surface area (Å²) in [5.41, 5.74) is 0.628. The standard InChI is InChI=1S/C14H18N2O5/c1-2-20-14(18)21-12-5-3-11(4-6-12)15-13(17)16-7-9-19-10-8-16/h3-6H,2,7-10H2,1H3,(H,15,17). The average molecular weight is 294 g/mol. The molecule has 0 radical (unpaired) electrons. The summed E-state index contributed by atoms with van der Waals surface area (Å²) in [5, 5.41) is 2.78. The molecular weight excluding hydrogens is 276 g/mol. The summed E-state index contributed by atoms with van der Waals surface area (Å²) < 4.78 is 14.8. The van der Waals surface area contributed by atoms with Crippen LogP contribution in [0.2, 0.25) is 0 Å². The maximum absolute atomic E-state index is 12.0. The van der Waals surface area contributed by atoms with E-state index in [1.54, 1.807) is 36.1 Å². The molecule has 0 aliphatic carbocycles. The van der Waals surface area contributed by atoms with E-state index in [1.165, 1.54) is 0 Å². The number of rotatable bonds is 3. The van der Waals surface area contributed by atoms with Crippen molar-refractivity contribution in [1.29, 1.82) is 0 Å². The molecule has 2 amide bonds. The Morgan fingerprint density at radius 2 is 1.90 bits per heavy atom. The second kappa shape index (κ2) is 7.49. The van der Waals surface area contributed by atoms with Crippen LogP contribution in [0.3, 0.4) is 0 Å². The summed E-state index contributed by atoms with van der Waals surface area (Å²) in [6.07, 6.45) is -0.748. The minimum atomic E-state index is -0.748. The molecule has 7 heteroatoms. The zero-order chi connectivity index (χ0) is 15.1. The Morgan fingerprint density at radius 3 is 2.52 bits per heavy atom. The quantitative estimate of drug-likeness (QED) is 0.682. The fourth-order valence-electron chi connectivity index (χ4n) is 1.82. The maximum atomic E-state index is 12.0. The lowest BCUT2D eigenvalue weighted by Crippen LogP contribution is -2.43. The summed E-state index contributed by atoms with van der Waals surface area (Å²) >= 11 is 0. The third kappa shape index (κ3) is 4.64. The first-order valence-electron chi connectivity index (χ1n) is 6.77. The highest BCUT2D eigenvalue weighted by Crippen LogP contribution is 2.16. The number of morpholine rings is 1. The molecule has 0 spiro atoms. The van der Waals surface area contributed by atoms with Gasteiger partial charge in [0.2, 0.25) is 0 Å². The monoisotopic (exact) mass is 294 g/mol. The predicted octanol–water partition coefficient (Wildman–Crippen LogP) is 2.09. The van der Waals surface area contributed by atoms with Crippen LogP contribution in [0.4, 0.5) is 15.3 Å². The maximum Gasteiger partial charge on any atom is 0.513 e. The van der Waals surface area contributed by atoms with Gasteiger partial charge in [0.05, 0.1) is 19.8 Å². The van der Waals surface area contributed by atoms with Crippen molar-refractivity contribution >= 4 is 17.9 Å². The molecule has 0 atom stereocenters. The van der Waals surface area contributed by atoms with Crippen LogP contribution in [0.25, 0.3) is 0 Å². The van der Waals surface area contributed by atoms with E-state index < -0.39 is 6.16 Å². The number of urea groups is 1. The van der Waals surface area contributed by atoms with Crippen molar-refractivity contribution in [2.45, 2.75) is 6.92 Å². The fraction of sp³-hybridized carbons (Fsp3) is 0.429. The molecule has 0 saturated carbocycles. The van der Waals surface area contributed by atoms with Crippen molar-refractivity contribution < 1.29 is 23.8 Å². The topological polar surface area (TPSA) is 77.1 Å². The molecule has 1 saturated heterocycles. The van der Waals surface area contributed by atoms with Crippen molar-refractivity contribution in [1.82, 2.24) is 4.90 Å². The lowest BCUT2D eigenvalue weighted by molar-refractivity contribution is 0.0564. The number of amides is 2. The number of anilines is 1. The van der Waals surface area contributed by atoms with Gasteiger partial charge in [-0.15, -0.1) is 0 Å². The van der Waals surface area contributed by atoms with Gasteiger partial charge in [0, 0.05) is 18.8 Å². The Bertz CT molecular complexity index is 483. The average Bonchev–Trinajstić information content (AvgIpc) is 2.50. The molecule has 21 heavy (non-hydrogen) atoms. The van der Waals surface area contributed by atoms with Crippen LogP contribution in [0.1, 0.15) is 6.92 Å². The van der Waals surface area contributed by atoms with E-state index in [-0.39, 0.29) is 12.6 Å². The molecular formula is C14H18N2O5. The van der Waals surface area contributed by atoms with E-state index in [9.17, 15) is 9.59 Å². The minimum absolute atomic E-state index is 0.169. The van der Waals surface area contributed by atoms with Gasteiger partial charge in [-0.05, 0) is 31.2 Å². The van der Waals surface area contributed by atoms with Crippen molar-refractivity contribution in [3.05, 3.63) is 24.3 Å². The molecule has 1 heterocycles. The summed E-state index contributed by atoms with van der Waals surface area (Å²) in [6, 6.07) is 6.33. The van der Waals surface area contributed by atoms with E-state index in [2.05, 4.69) is 10.1 Å². The van der Waals surface area contributed by atoms with Gasteiger partial charge in [0.15, 0.2) is 0 Å². The third-order valence-corrected chi connectivity index (χ3v) is 2.87. The number of hydrogen-bond donors (Lipinski definition) is 1. The van der Waals surface area contributed by atoms with Crippen LogP contribution in [0, 0.1) is 0 Å². The smallest absolute Gasteiger partial charge is 0.434 e. The number of nitrogens with one attached hydrogen (secondary N) is 1. The zero-order valence-corrected chi connectivity index (χ0v) is 11.8. The van der Waals surface area contributed by atoms with Gasteiger partial charge in [-0.25, -0.2) is 9.59 Å². The SMILES string of the molecule is CCOC(=O)Oc1ccc(NC(=O)N2CCOCC2)cc1. The molecule has 0 unspecified atom stereocenters. The highest BCUT2D eigenvalue weighted by molar-refractivity contribution is 5.89. The number of carbonyl (C=O) groups is 2. The molecule has 7 nitrogen and oxygen atoms in total. The van der Waals surface area contributed by atoms with Crippen LogP contribution in [-0.4, -0.2) is 50.0 Å². The lowest BCUT2D eigenvalue weighted by Gasteiger charge is -2.26. The summed E-state index contributed by atoms with van der Waals surface area (Å²) in [5.74, 6) is 0.359. The Morgan fingerprint density at radius 1 is 1.24 bits per heavy atom. The lowest BCUT2D eigenvalue weighted by atomic mass is 10.3. The molecule has 1 fully saturated rings. The minimum Gasteiger partial charge on any atom is -0.434 e. The van der Waals surface area contributed by atoms with Gasteiger partial charge in [-0.1, -0.05) is 0 Å². The van der Waals surface area contributed by atoms with Crippen molar-refractivity contribution in [2.24, 2.45) is 0 Å². The number of ether oxygens (including phenoxy) is 3. The van der Waals surface area contributed by atoms with Crippen LogP contribution in [0.15, 0.2) is 24.3 Å². The fourth-order valence-corrected chi connectivity index (χ4v) is 1.82. The first-order valence-corrected chi connectivity index (χ1v) is 6.77. The van der Waals surface area contributed by atoms with Crippen molar-refractivity contribution in [3.8, 4) is 5.75 Å². The molecule has 1 aliphatic heterocycles. The Kier molecular flexibility index (Phi) is 5.39. The van der Waals surface area contributed by atoms with Gasteiger partial charge in [-0.3, -0.25) is 0 Å². The summed E-state index contributed by atoms with van der Waals surface area (Å²) in [7, 11) is 0. The highest BCUT2D eigenvalue weighted by atomic mass is 16.7. The van der Waals surface area contributed by atoms with E-state index in [4.69, 9.17) is 9.47 Å². The Hall–Kier alpha value is -2.28. The first-order chi connectivity index (χ1) is 10.2. The molecule has 2 rings (SSSR count). The number of nitrogens with zero attached hydrogens (tertiary/aromatic N) is 1. The van der Waals surface area contributed by atoms with Crippen molar-refractivity contribution in [3.63, 3.8) is 0 Å².